The summed E-state index contributed by atoms with van der Waals surface area (Å²) in [6, 6.07) is 11.1. The van der Waals surface area contributed by atoms with Gasteiger partial charge in [-0.15, -0.1) is 0 Å². The van der Waals surface area contributed by atoms with Gasteiger partial charge in [-0.1, -0.05) is 24.3 Å². The van der Waals surface area contributed by atoms with Gasteiger partial charge in [-0.2, -0.15) is 10.1 Å². The van der Waals surface area contributed by atoms with Crippen LogP contribution < -0.4 is 10.5 Å². The molecular weight excluding hydrogens is 371 g/mol. The fourth-order valence-electron chi connectivity index (χ4n) is 3.53. The minimum absolute atomic E-state index is 0.226. The Labute approximate surface area is 165 Å². The molecule has 0 fully saturated rings. The molecule has 0 saturated heterocycles. The number of pyridine rings is 1. The molecule has 5 rings (SSSR count). The lowest BCUT2D eigenvalue weighted by atomic mass is 10.0. The molecule has 0 saturated carbocycles. The van der Waals surface area contributed by atoms with Crippen LogP contribution in [-0.4, -0.2) is 37.8 Å². The Kier molecular flexibility index (Phi) is 4.16. The van der Waals surface area contributed by atoms with Gasteiger partial charge in [0.25, 0.3) is 5.56 Å². The third-order valence-electron chi connectivity index (χ3n) is 5.01. The quantitative estimate of drug-likeness (QED) is 0.584. The van der Waals surface area contributed by atoms with Crippen molar-refractivity contribution in [1.82, 2.24) is 24.7 Å². The average Bonchev–Trinajstić information content (AvgIpc) is 3.19. The van der Waals surface area contributed by atoms with Crippen LogP contribution >= 0.6 is 0 Å². The minimum Gasteiger partial charge on any atom is -0.338 e. The van der Waals surface area contributed by atoms with Crippen LogP contribution in [0.25, 0.3) is 22.3 Å². The highest BCUT2D eigenvalue weighted by Gasteiger charge is 2.18. The summed E-state index contributed by atoms with van der Waals surface area (Å²) in [7, 11) is 0. The zero-order chi connectivity index (χ0) is 19.8. The van der Waals surface area contributed by atoms with Crippen molar-refractivity contribution in [2.75, 3.05) is 18.0 Å². The minimum atomic E-state index is -0.351. The predicted octanol–water partition coefficient (Wildman–Crippen LogP) is 2.94. The number of para-hydroxylation sites is 1. The molecule has 8 heteroatoms. The molecule has 0 amide bonds. The fourth-order valence-corrected chi connectivity index (χ4v) is 3.53. The molecule has 1 aromatic carbocycles. The van der Waals surface area contributed by atoms with E-state index in [1.807, 2.05) is 41.3 Å². The lowest BCUT2D eigenvalue weighted by molar-refractivity contribution is 0.620. The molecule has 1 aliphatic heterocycles. The van der Waals surface area contributed by atoms with Gasteiger partial charge in [0, 0.05) is 19.3 Å². The first kappa shape index (κ1) is 17.3. The van der Waals surface area contributed by atoms with E-state index >= 15 is 0 Å². The molecule has 4 heterocycles. The van der Waals surface area contributed by atoms with Gasteiger partial charge in [0.15, 0.2) is 5.65 Å². The maximum atomic E-state index is 13.4. The summed E-state index contributed by atoms with van der Waals surface area (Å²) in [4.78, 5) is 26.0. The first-order valence-electron chi connectivity index (χ1n) is 9.27. The highest BCUT2D eigenvalue weighted by atomic mass is 19.1. The topological polar surface area (TPSA) is 79.7 Å². The van der Waals surface area contributed by atoms with Crippen LogP contribution in [0.1, 0.15) is 12.0 Å². The van der Waals surface area contributed by atoms with Crippen LogP contribution in [0.5, 0.6) is 0 Å². The summed E-state index contributed by atoms with van der Waals surface area (Å²) in [6.07, 6.45) is 7.10. The van der Waals surface area contributed by atoms with E-state index in [1.54, 1.807) is 10.9 Å². The molecule has 0 aliphatic carbocycles. The first-order valence-corrected chi connectivity index (χ1v) is 9.27. The van der Waals surface area contributed by atoms with Crippen molar-refractivity contribution in [3.05, 3.63) is 82.8 Å². The summed E-state index contributed by atoms with van der Waals surface area (Å²) in [5.41, 5.74) is 2.94. The Morgan fingerprint density at radius 2 is 1.97 bits per heavy atom. The van der Waals surface area contributed by atoms with Crippen molar-refractivity contribution in [2.24, 2.45) is 0 Å². The van der Waals surface area contributed by atoms with Gasteiger partial charge in [-0.05, 0) is 35.8 Å². The maximum Gasteiger partial charge on any atom is 0.263 e. The SMILES string of the molecule is O=c1[nH]c(N2CC=C(c3cncc(F)c3)CC2)nc2c1cnn2-c1ccccc1. The number of aromatic amines is 1. The first-order chi connectivity index (χ1) is 14.2. The van der Waals surface area contributed by atoms with Gasteiger partial charge in [-0.25, -0.2) is 9.07 Å². The summed E-state index contributed by atoms with van der Waals surface area (Å²) < 4.78 is 15.1. The summed E-state index contributed by atoms with van der Waals surface area (Å²) >= 11 is 0. The third kappa shape index (κ3) is 3.18. The van der Waals surface area contributed by atoms with E-state index < -0.39 is 0 Å². The Morgan fingerprint density at radius 1 is 1.10 bits per heavy atom. The molecule has 0 atom stereocenters. The number of nitrogens with one attached hydrogen (secondary N) is 1. The molecular formula is C21H17FN6O. The Bertz CT molecular complexity index is 1280. The number of H-pyrrole nitrogens is 1. The summed E-state index contributed by atoms with van der Waals surface area (Å²) in [5.74, 6) is 0.143. The highest BCUT2D eigenvalue weighted by Crippen LogP contribution is 2.24. The molecule has 0 unspecified atom stereocenters. The molecule has 7 nitrogen and oxygen atoms in total. The van der Waals surface area contributed by atoms with Crippen LogP contribution in [0.3, 0.4) is 0 Å². The Balaban J connectivity index is 1.49. The molecule has 0 bridgehead atoms. The van der Waals surface area contributed by atoms with Crippen LogP contribution in [0, 0.1) is 5.82 Å². The van der Waals surface area contributed by atoms with Crippen LogP contribution in [0.15, 0.2) is 65.9 Å². The van der Waals surface area contributed by atoms with Crippen molar-refractivity contribution >= 4 is 22.6 Å². The van der Waals surface area contributed by atoms with Gasteiger partial charge >= 0.3 is 0 Å². The predicted molar refractivity (Wildman–Crippen MR) is 108 cm³/mol. The number of nitrogens with zero attached hydrogens (tertiary/aromatic N) is 5. The molecule has 0 radical (unpaired) electrons. The van der Waals surface area contributed by atoms with Crippen molar-refractivity contribution in [3.8, 4) is 5.69 Å². The normalized spacial score (nSPS) is 14.2. The second-order valence-corrected chi connectivity index (χ2v) is 6.84. The lowest BCUT2D eigenvalue weighted by Crippen LogP contribution is -2.31. The van der Waals surface area contributed by atoms with E-state index in [2.05, 4.69) is 20.1 Å². The molecule has 3 aromatic heterocycles. The highest BCUT2D eigenvalue weighted by molar-refractivity contribution is 5.76. The smallest absolute Gasteiger partial charge is 0.263 e. The van der Waals surface area contributed by atoms with Crippen molar-refractivity contribution in [1.29, 1.82) is 0 Å². The third-order valence-corrected chi connectivity index (χ3v) is 5.01. The lowest BCUT2D eigenvalue weighted by Gasteiger charge is -2.27. The number of benzene rings is 1. The number of rotatable bonds is 3. The number of anilines is 1. The summed E-state index contributed by atoms with van der Waals surface area (Å²) in [6.45, 7) is 1.20. The second-order valence-electron chi connectivity index (χ2n) is 6.84. The molecule has 144 valence electrons. The molecule has 1 aliphatic rings. The standard InChI is InChI=1S/C21H17FN6O/c22-16-10-15(11-23-12-16)14-6-8-27(9-7-14)21-25-19-18(20(29)26-21)13-24-28(19)17-4-2-1-3-5-17/h1-6,10-13H,7-9H2,(H,25,26,29). The monoisotopic (exact) mass is 388 g/mol. The van der Waals surface area contributed by atoms with Crippen molar-refractivity contribution < 1.29 is 4.39 Å². The van der Waals surface area contributed by atoms with E-state index in [4.69, 9.17) is 0 Å². The zero-order valence-electron chi connectivity index (χ0n) is 15.4. The number of halogens is 1. The Hall–Kier alpha value is -3.81. The van der Waals surface area contributed by atoms with Crippen molar-refractivity contribution in [3.63, 3.8) is 0 Å². The molecule has 1 N–H and O–H groups in total. The van der Waals surface area contributed by atoms with Gasteiger partial charge in [0.05, 0.1) is 18.1 Å². The van der Waals surface area contributed by atoms with Crippen molar-refractivity contribution in [2.45, 2.75) is 6.42 Å². The summed E-state index contributed by atoms with van der Waals surface area (Å²) in [5, 5.41) is 4.78. The fraction of sp³-hybridized carbons (Fsp3) is 0.143. The average molecular weight is 388 g/mol. The Morgan fingerprint density at radius 3 is 2.72 bits per heavy atom. The van der Waals surface area contributed by atoms with E-state index in [0.717, 1.165) is 16.8 Å². The largest absolute Gasteiger partial charge is 0.338 e. The van der Waals surface area contributed by atoms with E-state index in [9.17, 15) is 9.18 Å². The van der Waals surface area contributed by atoms with Gasteiger partial charge in [-0.3, -0.25) is 14.8 Å². The van der Waals surface area contributed by atoms with Crippen LogP contribution in [-0.2, 0) is 0 Å². The number of aromatic nitrogens is 5. The van der Waals surface area contributed by atoms with E-state index in [0.29, 0.717) is 36.5 Å². The molecule has 0 spiro atoms. The maximum absolute atomic E-state index is 13.4. The van der Waals surface area contributed by atoms with Gasteiger partial charge < -0.3 is 4.90 Å². The van der Waals surface area contributed by atoms with Crippen LogP contribution in [0.2, 0.25) is 0 Å². The number of fused-ring (bicyclic) bond motifs is 1. The van der Waals surface area contributed by atoms with Gasteiger partial charge in [0.2, 0.25) is 5.95 Å². The van der Waals surface area contributed by atoms with Gasteiger partial charge in [0.1, 0.15) is 11.2 Å². The zero-order valence-corrected chi connectivity index (χ0v) is 15.4. The molecule has 4 aromatic rings. The molecule has 29 heavy (non-hydrogen) atoms. The number of hydrogen-bond acceptors (Lipinski definition) is 5. The van der Waals surface area contributed by atoms with E-state index in [-0.39, 0.29) is 11.4 Å². The van der Waals surface area contributed by atoms with Crippen LogP contribution in [0.4, 0.5) is 10.3 Å². The second kappa shape index (κ2) is 6.97. The van der Waals surface area contributed by atoms with E-state index in [1.165, 1.54) is 18.5 Å². The number of hydrogen-bond donors (Lipinski definition) is 1.